The molecule has 0 radical (unpaired) electrons. The lowest BCUT2D eigenvalue weighted by molar-refractivity contribution is 0.0600. The van der Waals surface area contributed by atoms with Gasteiger partial charge in [-0.1, -0.05) is 36.4 Å². The number of rotatable bonds is 5. The first-order valence-corrected chi connectivity index (χ1v) is 11.2. The third-order valence-electron chi connectivity index (χ3n) is 6.31. The number of benzene rings is 3. The second-order valence-electron chi connectivity index (χ2n) is 8.35. The van der Waals surface area contributed by atoms with Gasteiger partial charge < -0.3 is 14.1 Å². The van der Waals surface area contributed by atoms with E-state index < -0.39 is 0 Å². The monoisotopic (exact) mass is 441 g/mol. The van der Waals surface area contributed by atoms with Gasteiger partial charge in [0.25, 0.3) is 0 Å². The van der Waals surface area contributed by atoms with Gasteiger partial charge in [0.05, 0.1) is 18.4 Å². The van der Waals surface area contributed by atoms with Crippen LogP contribution in [0.1, 0.15) is 21.8 Å². The van der Waals surface area contributed by atoms with Crippen molar-refractivity contribution in [2.45, 2.75) is 13.5 Å². The van der Waals surface area contributed by atoms with Gasteiger partial charge in [-0.3, -0.25) is 4.90 Å². The predicted molar refractivity (Wildman–Crippen MR) is 129 cm³/mol. The highest BCUT2D eigenvalue weighted by Gasteiger charge is 2.21. The van der Waals surface area contributed by atoms with E-state index in [0.717, 1.165) is 60.8 Å². The largest absolute Gasteiger partial charge is 0.465 e. The zero-order valence-electron chi connectivity index (χ0n) is 19.0. The van der Waals surface area contributed by atoms with Gasteiger partial charge in [0.15, 0.2) is 0 Å². The Labute approximate surface area is 193 Å². The molecule has 5 rings (SSSR count). The molecular formula is C27H27N3O3. The SMILES string of the molecule is COC(=O)c1ccc(N2CCN(Cc3nc(-c4cccc5ccccc45)oc3C)CC2)cc1. The lowest BCUT2D eigenvalue weighted by atomic mass is 10.0. The Morgan fingerprint density at radius 2 is 1.70 bits per heavy atom. The van der Waals surface area contributed by atoms with Gasteiger partial charge in [-0.2, -0.15) is 0 Å². The summed E-state index contributed by atoms with van der Waals surface area (Å²) in [5.74, 6) is 1.25. The number of methoxy groups -OCH3 is 1. The minimum Gasteiger partial charge on any atom is -0.465 e. The number of carbonyl (C=O) groups excluding carboxylic acids is 1. The lowest BCUT2D eigenvalue weighted by Gasteiger charge is -2.35. The van der Waals surface area contributed by atoms with Crippen molar-refractivity contribution in [2.75, 3.05) is 38.2 Å². The van der Waals surface area contributed by atoms with E-state index in [0.29, 0.717) is 11.5 Å². The van der Waals surface area contributed by atoms with Crippen molar-refractivity contribution in [3.05, 3.63) is 83.7 Å². The average molecular weight is 442 g/mol. The Morgan fingerprint density at radius 3 is 2.45 bits per heavy atom. The number of ether oxygens (including phenoxy) is 1. The summed E-state index contributed by atoms with van der Waals surface area (Å²) < 4.78 is 10.9. The van der Waals surface area contributed by atoms with Crippen molar-refractivity contribution in [3.8, 4) is 11.5 Å². The second-order valence-corrected chi connectivity index (χ2v) is 8.35. The summed E-state index contributed by atoms with van der Waals surface area (Å²) in [5.41, 5.74) is 3.72. The average Bonchev–Trinajstić information content (AvgIpc) is 3.23. The van der Waals surface area contributed by atoms with Crippen molar-refractivity contribution in [1.82, 2.24) is 9.88 Å². The van der Waals surface area contributed by atoms with E-state index >= 15 is 0 Å². The third kappa shape index (κ3) is 4.34. The molecular weight excluding hydrogens is 414 g/mol. The van der Waals surface area contributed by atoms with Crippen LogP contribution in [0.4, 0.5) is 5.69 Å². The fourth-order valence-corrected chi connectivity index (χ4v) is 4.40. The van der Waals surface area contributed by atoms with Gasteiger partial charge in [0, 0.05) is 44.0 Å². The first-order chi connectivity index (χ1) is 16.1. The van der Waals surface area contributed by atoms with Crippen LogP contribution in [0, 0.1) is 6.92 Å². The van der Waals surface area contributed by atoms with Gasteiger partial charge in [-0.05, 0) is 48.0 Å². The molecule has 168 valence electrons. The van der Waals surface area contributed by atoms with Crippen LogP contribution in [0.2, 0.25) is 0 Å². The zero-order chi connectivity index (χ0) is 22.8. The summed E-state index contributed by atoms with van der Waals surface area (Å²) in [6.07, 6.45) is 0. The number of hydrogen-bond acceptors (Lipinski definition) is 6. The number of hydrogen-bond donors (Lipinski definition) is 0. The standard InChI is InChI=1S/C27H27N3O3/c1-19-25(28-26(33-19)24-9-5-7-20-6-3-4-8-23(20)24)18-29-14-16-30(17-15-29)22-12-10-21(11-13-22)27(31)32-2/h3-13H,14-18H2,1-2H3. The molecule has 0 amide bonds. The van der Waals surface area contributed by atoms with Crippen LogP contribution >= 0.6 is 0 Å². The summed E-state index contributed by atoms with van der Waals surface area (Å²) in [5, 5.41) is 2.34. The Kier molecular flexibility index (Phi) is 5.84. The van der Waals surface area contributed by atoms with Crippen LogP contribution in [0.3, 0.4) is 0 Å². The molecule has 0 saturated carbocycles. The number of fused-ring (bicyclic) bond motifs is 1. The lowest BCUT2D eigenvalue weighted by Crippen LogP contribution is -2.46. The summed E-state index contributed by atoms with van der Waals surface area (Å²) in [4.78, 5) is 21.3. The number of esters is 1. The van der Waals surface area contributed by atoms with Crippen molar-refractivity contribution < 1.29 is 13.9 Å². The van der Waals surface area contributed by atoms with E-state index in [1.54, 1.807) is 0 Å². The smallest absolute Gasteiger partial charge is 0.337 e. The maximum Gasteiger partial charge on any atom is 0.337 e. The van der Waals surface area contributed by atoms with E-state index in [2.05, 4.69) is 34.1 Å². The number of aromatic nitrogens is 1. The molecule has 0 bridgehead atoms. The number of piperazine rings is 1. The fraction of sp³-hybridized carbons (Fsp3) is 0.259. The van der Waals surface area contributed by atoms with Crippen LogP contribution < -0.4 is 4.90 Å². The molecule has 1 saturated heterocycles. The molecule has 6 heteroatoms. The second kappa shape index (κ2) is 9.08. The highest BCUT2D eigenvalue weighted by molar-refractivity contribution is 5.94. The molecule has 2 heterocycles. The van der Waals surface area contributed by atoms with Crippen molar-refractivity contribution in [1.29, 1.82) is 0 Å². The Balaban J connectivity index is 1.25. The van der Waals surface area contributed by atoms with Crippen molar-refractivity contribution in [3.63, 3.8) is 0 Å². The highest BCUT2D eigenvalue weighted by atomic mass is 16.5. The molecule has 4 aromatic rings. The molecule has 0 N–H and O–H groups in total. The quantitative estimate of drug-likeness (QED) is 0.410. The summed E-state index contributed by atoms with van der Waals surface area (Å²) in [7, 11) is 1.40. The minimum atomic E-state index is -0.308. The number of nitrogens with zero attached hydrogens (tertiary/aromatic N) is 3. The Morgan fingerprint density at radius 1 is 0.970 bits per heavy atom. The van der Waals surface area contributed by atoms with E-state index in [-0.39, 0.29) is 5.97 Å². The topological polar surface area (TPSA) is 58.8 Å². The highest BCUT2D eigenvalue weighted by Crippen LogP contribution is 2.30. The zero-order valence-corrected chi connectivity index (χ0v) is 19.0. The molecule has 1 fully saturated rings. The van der Waals surface area contributed by atoms with Crippen molar-refractivity contribution in [2.24, 2.45) is 0 Å². The van der Waals surface area contributed by atoms with E-state index in [1.165, 1.54) is 12.5 Å². The first kappa shape index (κ1) is 21.2. The van der Waals surface area contributed by atoms with Gasteiger partial charge >= 0.3 is 5.97 Å². The summed E-state index contributed by atoms with van der Waals surface area (Å²) >= 11 is 0. The molecule has 1 aliphatic rings. The van der Waals surface area contributed by atoms with Gasteiger partial charge in [-0.15, -0.1) is 0 Å². The molecule has 1 aromatic heterocycles. The molecule has 0 spiro atoms. The predicted octanol–water partition coefficient (Wildman–Crippen LogP) is 4.91. The summed E-state index contributed by atoms with van der Waals surface area (Å²) in [6, 6.07) is 22.2. The maximum atomic E-state index is 11.6. The fourth-order valence-electron chi connectivity index (χ4n) is 4.40. The first-order valence-electron chi connectivity index (χ1n) is 11.2. The molecule has 0 unspecified atom stereocenters. The van der Waals surface area contributed by atoms with Crippen LogP contribution in [-0.2, 0) is 11.3 Å². The van der Waals surface area contributed by atoms with E-state index in [4.69, 9.17) is 14.1 Å². The van der Waals surface area contributed by atoms with Crippen LogP contribution in [0.5, 0.6) is 0 Å². The van der Waals surface area contributed by atoms with Gasteiger partial charge in [-0.25, -0.2) is 9.78 Å². The molecule has 0 atom stereocenters. The third-order valence-corrected chi connectivity index (χ3v) is 6.31. The van der Waals surface area contributed by atoms with Gasteiger partial charge in [0.1, 0.15) is 5.76 Å². The Hall–Kier alpha value is -3.64. The number of oxazole rings is 1. The van der Waals surface area contributed by atoms with E-state index in [1.807, 2.05) is 49.4 Å². The molecule has 33 heavy (non-hydrogen) atoms. The van der Waals surface area contributed by atoms with Crippen molar-refractivity contribution >= 4 is 22.4 Å². The minimum absolute atomic E-state index is 0.308. The normalized spacial score (nSPS) is 14.5. The van der Waals surface area contributed by atoms with Crippen LogP contribution in [-0.4, -0.2) is 49.1 Å². The molecule has 6 nitrogen and oxygen atoms in total. The van der Waals surface area contributed by atoms with E-state index in [9.17, 15) is 4.79 Å². The molecule has 0 aliphatic carbocycles. The summed E-state index contributed by atoms with van der Waals surface area (Å²) in [6.45, 7) is 6.49. The van der Waals surface area contributed by atoms with Crippen LogP contribution in [0.15, 0.2) is 71.1 Å². The maximum absolute atomic E-state index is 11.6. The number of aryl methyl sites for hydroxylation is 1. The van der Waals surface area contributed by atoms with Gasteiger partial charge in [0.2, 0.25) is 5.89 Å². The Bertz CT molecular complexity index is 1270. The van der Waals surface area contributed by atoms with Crippen LogP contribution in [0.25, 0.3) is 22.2 Å². The molecule has 1 aliphatic heterocycles. The number of carbonyl (C=O) groups is 1. The number of anilines is 1. The molecule has 3 aromatic carbocycles.